The highest BCUT2D eigenvalue weighted by Gasteiger charge is 2.58. The Hall–Kier alpha value is -2.27. The highest BCUT2D eigenvalue weighted by atomic mass is 32.2. The molecule has 23 heavy (non-hydrogen) atoms. The quantitative estimate of drug-likeness (QED) is 0.859. The van der Waals surface area contributed by atoms with Crippen molar-refractivity contribution < 1.29 is 12.8 Å². The van der Waals surface area contributed by atoms with Gasteiger partial charge in [0.15, 0.2) is 16.7 Å². The van der Waals surface area contributed by atoms with Crippen LogP contribution in [0, 0.1) is 11.3 Å². The number of hydrogen-bond donors (Lipinski definition) is 0. The molecule has 4 rings (SSSR count). The van der Waals surface area contributed by atoms with Crippen molar-refractivity contribution in [3.05, 3.63) is 41.7 Å². The highest BCUT2D eigenvalue weighted by Crippen LogP contribution is 2.47. The number of hydrogen-bond acceptors (Lipinski definition) is 5. The third kappa shape index (κ3) is 1.93. The van der Waals surface area contributed by atoms with Gasteiger partial charge in [-0.25, -0.2) is 17.5 Å². The van der Waals surface area contributed by atoms with Crippen LogP contribution in [0.4, 0.5) is 4.39 Å². The fraction of sp³-hybridized carbons (Fsp3) is 0.400. The average molecular weight is 332 g/mol. The van der Waals surface area contributed by atoms with Crippen LogP contribution in [-0.4, -0.2) is 27.9 Å². The molecule has 118 valence electrons. The minimum atomic E-state index is -3.96. The number of nitrogens with zero attached hydrogens (tertiary/aromatic N) is 4. The molecule has 0 radical (unpaired) electrons. The molecule has 0 spiro atoms. The molecule has 0 bridgehead atoms. The fourth-order valence-electron chi connectivity index (χ4n) is 2.95. The maximum Gasteiger partial charge on any atom is 0.268 e. The van der Waals surface area contributed by atoms with Gasteiger partial charge in [0.05, 0.1) is 12.1 Å². The van der Waals surface area contributed by atoms with Gasteiger partial charge in [-0.2, -0.15) is 10.2 Å². The van der Waals surface area contributed by atoms with Crippen molar-refractivity contribution in [1.29, 1.82) is 5.26 Å². The third-order valence-corrected chi connectivity index (χ3v) is 6.67. The van der Waals surface area contributed by atoms with Gasteiger partial charge in [0.25, 0.3) is 5.16 Å². The van der Waals surface area contributed by atoms with E-state index in [-0.39, 0.29) is 31.1 Å². The van der Waals surface area contributed by atoms with Gasteiger partial charge in [-0.15, -0.1) is 5.10 Å². The zero-order valence-corrected chi connectivity index (χ0v) is 12.9. The van der Waals surface area contributed by atoms with Gasteiger partial charge in [0.1, 0.15) is 0 Å². The Morgan fingerprint density at radius 2 is 2.00 bits per heavy atom. The van der Waals surface area contributed by atoms with E-state index in [1.165, 1.54) is 4.68 Å². The summed E-state index contributed by atoms with van der Waals surface area (Å²) in [5, 5.41) is 12.7. The molecule has 1 aromatic carbocycles. The van der Waals surface area contributed by atoms with Crippen LogP contribution >= 0.6 is 0 Å². The van der Waals surface area contributed by atoms with Gasteiger partial charge in [-0.05, 0) is 18.4 Å². The lowest BCUT2D eigenvalue weighted by Gasteiger charge is -2.11. The van der Waals surface area contributed by atoms with Crippen molar-refractivity contribution in [1.82, 2.24) is 14.8 Å². The molecule has 2 atom stereocenters. The maximum atomic E-state index is 14.3. The Balaban J connectivity index is 1.79. The van der Waals surface area contributed by atoms with Crippen molar-refractivity contribution in [2.45, 2.75) is 41.4 Å². The van der Waals surface area contributed by atoms with Crippen molar-refractivity contribution in [2.24, 2.45) is 0 Å². The summed E-state index contributed by atoms with van der Waals surface area (Å²) in [6.45, 7) is 0. The van der Waals surface area contributed by atoms with Crippen LogP contribution in [0.2, 0.25) is 0 Å². The van der Waals surface area contributed by atoms with E-state index in [0.717, 1.165) is 5.56 Å². The summed E-state index contributed by atoms with van der Waals surface area (Å²) in [4.78, 5) is 3.91. The number of nitriles is 1. The third-order valence-electron chi connectivity index (χ3n) is 4.49. The summed E-state index contributed by atoms with van der Waals surface area (Å²) in [6.07, 6.45) is -0.634. The largest absolute Gasteiger partial charge is 0.268 e. The average Bonchev–Trinajstić information content (AvgIpc) is 3.15. The second-order valence-corrected chi connectivity index (χ2v) is 8.09. The molecule has 6 nitrogen and oxygen atoms in total. The predicted molar refractivity (Wildman–Crippen MR) is 77.8 cm³/mol. The summed E-state index contributed by atoms with van der Waals surface area (Å²) < 4.78 is 39.2. The molecule has 1 aromatic heterocycles. The molecular weight excluding hydrogens is 319 g/mol. The topological polar surface area (TPSA) is 88.6 Å². The van der Waals surface area contributed by atoms with Crippen LogP contribution in [-0.2, 0) is 9.84 Å². The van der Waals surface area contributed by atoms with E-state index in [0.29, 0.717) is 0 Å². The van der Waals surface area contributed by atoms with Gasteiger partial charge in [0, 0.05) is 6.42 Å². The smallest absolute Gasteiger partial charge is 0.239 e. The molecule has 0 amide bonds. The first-order valence-corrected chi connectivity index (χ1v) is 8.78. The molecule has 2 aliphatic rings. The second-order valence-electron chi connectivity index (χ2n) is 5.94. The lowest BCUT2D eigenvalue weighted by molar-refractivity contribution is 0.326. The molecule has 1 fully saturated rings. The van der Waals surface area contributed by atoms with Crippen LogP contribution < -0.4 is 0 Å². The number of benzene rings is 1. The van der Waals surface area contributed by atoms with E-state index in [4.69, 9.17) is 5.26 Å². The van der Waals surface area contributed by atoms with Crippen molar-refractivity contribution in [2.75, 3.05) is 0 Å². The van der Waals surface area contributed by atoms with Crippen LogP contribution in [0.3, 0.4) is 0 Å². The number of alkyl halides is 1. The first-order chi connectivity index (χ1) is 11.0. The molecule has 0 N–H and O–H groups in total. The van der Waals surface area contributed by atoms with Crippen LogP contribution in [0.1, 0.15) is 42.9 Å². The predicted octanol–water partition coefficient (Wildman–Crippen LogP) is 2.11. The SMILES string of the molecule is N#CC1(S(=O)(=O)c2nc3n(n2)[C@H](c2ccccc2)C[C@@H]3F)CC1. The number of fused-ring (bicyclic) bond motifs is 1. The van der Waals surface area contributed by atoms with E-state index in [2.05, 4.69) is 10.1 Å². The Labute approximate surface area is 132 Å². The van der Waals surface area contributed by atoms with E-state index in [1.54, 1.807) is 0 Å². The molecule has 1 aliphatic heterocycles. The maximum absolute atomic E-state index is 14.3. The first-order valence-electron chi connectivity index (χ1n) is 7.30. The van der Waals surface area contributed by atoms with Gasteiger partial charge in [0.2, 0.25) is 9.84 Å². The Morgan fingerprint density at radius 1 is 1.30 bits per heavy atom. The number of aromatic nitrogens is 3. The van der Waals surface area contributed by atoms with Crippen LogP contribution in [0.25, 0.3) is 0 Å². The number of halogens is 1. The van der Waals surface area contributed by atoms with Crippen molar-refractivity contribution in [3.8, 4) is 6.07 Å². The normalized spacial score (nSPS) is 24.9. The molecule has 1 saturated carbocycles. The van der Waals surface area contributed by atoms with E-state index >= 15 is 0 Å². The Kier molecular flexibility index (Phi) is 2.87. The summed E-state index contributed by atoms with van der Waals surface area (Å²) in [6, 6.07) is 10.7. The summed E-state index contributed by atoms with van der Waals surface area (Å²) >= 11 is 0. The van der Waals surface area contributed by atoms with E-state index in [9.17, 15) is 12.8 Å². The summed E-state index contributed by atoms with van der Waals surface area (Å²) in [5.41, 5.74) is 0.851. The van der Waals surface area contributed by atoms with Gasteiger partial charge >= 0.3 is 0 Å². The molecule has 2 aromatic rings. The zero-order valence-electron chi connectivity index (χ0n) is 12.1. The molecule has 0 saturated heterocycles. The standard InChI is InChI=1S/C15H13FN4O2S/c16-11-8-12(10-4-2-1-3-5-10)20-13(11)18-14(19-20)23(21,22)15(9-17)6-7-15/h1-5,11-12H,6-8H2/t11-,12-/m0/s1. The number of sulfone groups is 1. The summed E-state index contributed by atoms with van der Waals surface area (Å²) in [5.74, 6) is 0.0196. The monoisotopic (exact) mass is 332 g/mol. The van der Waals surface area contributed by atoms with Crippen molar-refractivity contribution >= 4 is 9.84 Å². The lowest BCUT2D eigenvalue weighted by atomic mass is 10.0. The van der Waals surface area contributed by atoms with Gasteiger partial charge < -0.3 is 0 Å². The molecule has 2 heterocycles. The highest BCUT2D eigenvalue weighted by molar-refractivity contribution is 7.93. The number of rotatable bonds is 3. The van der Waals surface area contributed by atoms with Crippen LogP contribution in [0.15, 0.2) is 35.5 Å². The molecule has 0 unspecified atom stereocenters. The minimum absolute atomic E-state index is 0.0196. The Morgan fingerprint density at radius 3 is 2.61 bits per heavy atom. The van der Waals surface area contributed by atoms with Crippen molar-refractivity contribution in [3.63, 3.8) is 0 Å². The molecular formula is C15H13FN4O2S. The van der Waals surface area contributed by atoms with E-state index in [1.807, 2.05) is 36.4 Å². The summed E-state index contributed by atoms with van der Waals surface area (Å²) in [7, 11) is -3.96. The van der Waals surface area contributed by atoms with Crippen LogP contribution in [0.5, 0.6) is 0 Å². The minimum Gasteiger partial charge on any atom is -0.239 e. The fourth-order valence-corrected chi connectivity index (χ4v) is 4.47. The Bertz CT molecular complexity index is 913. The van der Waals surface area contributed by atoms with Gasteiger partial charge in [-0.1, -0.05) is 30.3 Å². The molecule has 1 aliphatic carbocycles. The zero-order chi connectivity index (χ0) is 16.2. The second kappa shape index (κ2) is 4.61. The molecule has 8 heteroatoms. The van der Waals surface area contributed by atoms with Gasteiger partial charge in [-0.3, -0.25) is 0 Å². The van der Waals surface area contributed by atoms with E-state index < -0.39 is 25.9 Å². The lowest BCUT2D eigenvalue weighted by Crippen LogP contribution is -2.23. The first kappa shape index (κ1) is 14.3.